The maximum absolute atomic E-state index is 13.9. The van der Waals surface area contributed by atoms with Gasteiger partial charge in [0, 0.05) is 31.6 Å². The minimum atomic E-state index is -1.00. The quantitative estimate of drug-likeness (QED) is 0.267. The van der Waals surface area contributed by atoms with E-state index in [0.29, 0.717) is 29.1 Å². The lowest BCUT2D eigenvalue weighted by Gasteiger charge is -2.21. The Kier molecular flexibility index (Phi) is 6.67. The standard InChI is InChI=1S/C24H23FN8O2S/c1-14(21-30-16-6-2-3-7-17(16)31-21)12-33(24(34)35)10-8-19-32-20-22(28-13-29-23(20)36-19)27-11-18-15(25)5-4-9-26-18/h2-7,9,13-14H,8,10-12H2,1H3,(H,30,31)(H,34,35)(H,27,28,29). The fraction of sp³-hybridized carbons (Fsp3) is 0.250. The van der Waals surface area contributed by atoms with Gasteiger partial charge in [-0.25, -0.2) is 29.1 Å². The smallest absolute Gasteiger partial charge is 0.407 e. The largest absolute Gasteiger partial charge is 0.465 e. The van der Waals surface area contributed by atoms with Crippen LogP contribution in [0.25, 0.3) is 21.4 Å². The van der Waals surface area contributed by atoms with E-state index >= 15 is 0 Å². The number of aromatic amines is 1. The zero-order chi connectivity index (χ0) is 25.1. The maximum atomic E-state index is 13.9. The highest BCUT2D eigenvalue weighted by Gasteiger charge is 2.20. The van der Waals surface area contributed by atoms with Crippen LogP contribution in [-0.2, 0) is 13.0 Å². The van der Waals surface area contributed by atoms with E-state index in [9.17, 15) is 14.3 Å². The molecular weight excluding hydrogens is 483 g/mol. The monoisotopic (exact) mass is 506 g/mol. The number of para-hydroxylation sites is 2. The average Bonchev–Trinajstić information content (AvgIpc) is 3.50. The molecule has 4 heterocycles. The van der Waals surface area contributed by atoms with Crippen LogP contribution in [0.2, 0.25) is 0 Å². The molecule has 0 saturated heterocycles. The molecule has 0 spiro atoms. The first-order valence-corrected chi connectivity index (χ1v) is 12.2. The first-order valence-electron chi connectivity index (χ1n) is 11.3. The summed E-state index contributed by atoms with van der Waals surface area (Å²) in [5.41, 5.74) is 2.61. The third-order valence-corrected chi connectivity index (χ3v) is 6.76. The first kappa shape index (κ1) is 23.5. The zero-order valence-electron chi connectivity index (χ0n) is 19.3. The SMILES string of the molecule is CC(CN(CCc1nc2c(NCc3ncccc3F)ncnc2s1)C(=O)O)c1nc2ccccc2[nH]1. The molecule has 1 aromatic carbocycles. The molecule has 10 nitrogen and oxygen atoms in total. The Labute approximate surface area is 209 Å². The van der Waals surface area contributed by atoms with Gasteiger partial charge in [-0.3, -0.25) is 4.98 Å². The first-order chi connectivity index (χ1) is 17.5. The summed E-state index contributed by atoms with van der Waals surface area (Å²) >= 11 is 1.38. The molecule has 3 N–H and O–H groups in total. The lowest BCUT2D eigenvalue weighted by molar-refractivity contribution is 0.143. The van der Waals surface area contributed by atoms with Crippen molar-refractivity contribution in [3.05, 3.63) is 71.3 Å². The lowest BCUT2D eigenvalue weighted by Crippen LogP contribution is -2.34. The Morgan fingerprint density at radius 3 is 2.86 bits per heavy atom. The molecule has 36 heavy (non-hydrogen) atoms. The number of halogens is 1. The number of rotatable bonds is 9. The van der Waals surface area contributed by atoms with Gasteiger partial charge in [0.25, 0.3) is 0 Å². The molecule has 0 aliphatic carbocycles. The van der Waals surface area contributed by atoms with Crippen molar-refractivity contribution in [3.8, 4) is 0 Å². The van der Waals surface area contributed by atoms with Gasteiger partial charge in [-0.15, -0.1) is 0 Å². The van der Waals surface area contributed by atoms with E-state index in [2.05, 4.69) is 35.2 Å². The van der Waals surface area contributed by atoms with Gasteiger partial charge in [0.05, 0.1) is 28.3 Å². The van der Waals surface area contributed by atoms with Crippen LogP contribution in [0.4, 0.5) is 15.0 Å². The molecule has 0 fully saturated rings. The second kappa shape index (κ2) is 10.2. The van der Waals surface area contributed by atoms with E-state index in [4.69, 9.17) is 0 Å². The van der Waals surface area contributed by atoms with Crippen LogP contribution in [0, 0.1) is 5.82 Å². The molecule has 5 aromatic rings. The van der Waals surface area contributed by atoms with E-state index in [1.807, 2.05) is 31.2 Å². The molecule has 0 aliphatic heterocycles. The molecule has 5 rings (SSSR count). The van der Waals surface area contributed by atoms with Crippen LogP contribution >= 0.6 is 11.3 Å². The zero-order valence-corrected chi connectivity index (χ0v) is 20.2. The van der Waals surface area contributed by atoms with E-state index < -0.39 is 11.9 Å². The van der Waals surface area contributed by atoms with Gasteiger partial charge in [0.1, 0.15) is 28.3 Å². The van der Waals surface area contributed by atoms with Crippen LogP contribution < -0.4 is 5.32 Å². The average molecular weight is 507 g/mol. The molecule has 184 valence electrons. The van der Waals surface area contributed by atoms with E-state index in [0.717, 1.165) is 21.9 Å². The number of imidazole rings is 1. The Morgan fingerprint density at radius 1 is 1.19 bits per heavy atom. The highest BCUT2D eigenvalue weighted by molar-refractivity contribution is 7.18. The van der Waals surface area contributed by atoms with Crippen molar-refractivity contribution in [1.82, 2.24) is 34.8 Å². The Morgan fingerprint density at radius 2 is 2.06 bits per heavy atom. The van der Waals surface area contributed by atoms with E-state index in [1.165, 1.54) is 40.9 Å². The molecule has 4 aromatic heterocycles. The number of anilines is 1. The van der Waals surface area contributed by atoms with Crippen molar-refractivity contribution in [2.24, 2.45) is 0 Å². The number of aromatic nitrogens is 6. The number of carboxylic acid groups (broad SMARTS) is 1. The lowest BCUT2D eigenvalue weighted by atomic mass is 10.1. The van der Waals surface area contributed by atoms with Crippen molar-refractivity contribution in [2.75, 3.05) is 18.4 Å². The van der Waals surface area contributed by atoms with Gasteiger partial charge in [-0.1, -0.05) is 30.4 Å². The van der Waals surface area contributed by atoms with Crippen molar-refractivity contribution in [3.63, 3.8) is 0 Å². The normalized spacial score (nSPS) is 12.2. The number of thiazole rings is 1. The third kappa shape index (κ3) is 5.08. The number of benzene rings is 1. The number of hydrogen-bond acceptors (Lipinski definition) is 8. The number of nitrogens with zero attached hydrogens (tertiary/aromatic N) is 6. The van der Waals surface area contributed by atoms with Crippen molar-refractivity contribution in [1.29, 1.82) is 0 Å². The number of nitrogens with one attached hydrogen (secondary N) is 2. The number of fused-ring (bicyclic) bond motifs is 2. The van der Waals surface area contributed by atoms with Crippen LogP contribution in [0.15, 0.2) is 48.9 Å². The summed E-state index contributed by atoms with van der Waals surface area (Å²) in [4.78, 5) is 39.0. The highest BCUT2D eigenvalue weighted by Crippen LogP contribution is 2.26. The van der Waals surface area contributed by atoms with Crippen LogP contribution in [0.3, 0.4) is 0 Å². The summed E-state index contributed by atoms with van der Waals surface area (Å²) < 4.78 is 13.9. The van der Waals surface area contributed by atoms with Gasteiger partial charge in [-0.2, -0.15) is 0 Å². The molecule has 0 saturated carbocycles. The fourth-order valence-electron chi connectivity index (χ4n) is 3.87. The van der Waals surface area contributed by atoms with Crippen LogP contribution in [0.1, 0.15) is 29.4 Å². The second-order valence-corrected chi connectivity index (χ2v) is 9.35. The molecule has 1 atom stereocenters. The number of amides is 1. The minimum absolute atomic E-state index is 0.113. The predicted octanol–water partition coefficient (Wildman–Crippen LogP) is 4.44. The van der Waals surface area contributed by atoms with Gasteiger partial charge in [0.15, 0.2) is 5.82 Å². The van der Waals surface area contributed by atoms with Crippen molar-refractivity contribution < 1.29 is 14.3 Å². The molecule has 0 radical (unpaired) electrons. The molecule has 0 bridgehead atoms. The van der Waals surface area contributed by atoms with Crippen molar-refractivity contribution >= 4 is 44.6 Å². The highest BCUT2D eigenvalue weighted by atomic mass is 32.1. The van der Waals surface area contributed by atoms with Crippen LogP contribution in [0.5, 0.6) is 0 Å². The van der Waals surface area contributed by atoms with Crippen LogP contribution in [-0.4, -0.2) is 59.1 Å². The summed E-state index contributed by atoms with van der Waals surface area (Å²) in [5, 5.41) is 13.6. The summed E-state index contributed by atoms with van der Waals surface area (Å²) in [6, 6.07) is 10.6. The van der Waals surface area contributed by atoms with Gasteiger partial charge >= 0.3 is 6.09 Å². The third-order valence-electron chi connectivity index (χ3n) is 5.73. The Hall–Kier alpha value is -4.19. The number of pyridine rings is 1. The second-order valence-electron chi connectivity index (χ2n) is 8.29. The fourth-order valence-corrected chi connectivity index (χ4v) is 4.76. The molecule has 1 unspecified atom stereocenters. The van der Waals surface area contributed by atoms with Gasteiger partial charge in [0.2, 0.25) is 0 Å². The van der Waals surface area contributed by atoms with Gasteiger partial charge in [-0.05, 0) is 24.3 Å². The molecule has 12 heteroatoms. The number of H-pyrrole nitrogens is 1. The predicted molar refractivity (Wildman–Crippen MR) is 135 cm³/mol. The summed E-state index contributed by atoms with van der Waals surface area (Å²) in [6.07, 6.45) is 2.37. The van der Waals surface area contributed by atoms with Gasteiger partial charge < -0.3 is 20.3 Å². The topological polar surface area (TPSA) is 133 Å². The summed E-state index contributed by atoms with van der Waals surface area (Å²) in [5.74, 6) is 0.705. The van der Waals surface area contributed by atoms with Crippen molar-refractivity contribution in [2.45, 2.75) is 25.8 Å². The maximum Gasteiger partial charge on any atom is 0.407 e. The Bertz CT molecular complexity index is 1490. The molecular formula is C24H23FN8O2S. The summed E-state index contributed by atoms with van der Waals surface area (Å²) in [6.45, 7) is 2.67. The summed E-state index contributed by atoms with van der Waals surface area (Å²) in [7, 11) is 0. The Balaban J connectivity index is 1.26. The number of carbonyl (C=O) groups is 1. The molecule has 1 amide bonds. The van der Waals surface area contributed by atoms with E-state index in [1.54, 1.807) is 0 Å². The van der Waals surface area contributed by atoms with E-state index in [-0.39, 0.29) is 24.7 Å². The minimum Gasteiger partial charge on any atom is -0.465 e. The number of hydrogen-bond donors (Lipinski definition) is 3. The molecule has 0 aliphatic rings.